The molecule has 0 aromatic carbocycles. The van der Waals surface area contributed by atoms with E-state index in [0.29, 0.717) is 6.61 Å². The van der Waals surface area contributed by atoms with E-state index in [2.05, 4.69) is 20.0 Å². The van der Waals surface area contributed by atoms with Gasteiger partial charge in [0, 0.05) is 39.0 Å². The third kappa shape index (κ3) is 7.85. The summed E-state index contributed by atoms with van der Waals surface area (Å²) in [5, 5.41) is 2.42. The number of carbonyl (C=O) groups is 1. The van der Waals surface area contributed by atoms with Crippen LogP contribution in [0.4, 0.5) is 10.2 Å². The Morgan fingerprint density at radius 3 is 2.59 bits per heavy atom. The number of nitrogens with one attached hydrogen (secondary N) is 1. The lowest BCUT2D eigenvalue weighted by Gasteiger charge is -2.37. The normalized spacial score (nSPS) is 23.0. The Balaban J connectivity index is 1.76. The number of pyridine rings is 1. The second-order valence-corrected chi connectivity index (χ2v) is 10.8. The Morgan fingerprint density at radius 1 is 1.30 bits per heavy atom. The van der Waals surface area contributed by atoms with Crippen LogP contribution in [0.3, 0.4) is 0 Å². The second-order valence-electron chi connectivity index (χ2n) is 9.36. The molecule has 2 aromatic heterocycles. The van der Waals surface area contributed by atoms with Crippen molar-refractivity contribution in [2.45, 2.75) is 91.1 Å². The van der Waals surface area contributed by atoms with Crippen LogP contribution >= 0.6 is 8.53 Å². The highest BCUT2D eigenvalue weighted by Gasteiger charge is 2.48. The largest absolute Gasteiger partial charge is 0.351 e. The standard InChI is InChI=1S/C25H37FN5O5P/c1-16(2)31(17(3)4)37(34-15-7-8-20-9-12-27-13-10-20)36-23-18(5)35-24(22(23)26)30-14-11-21(28-19(6)32)29-25(30)33/h9-14,16-18,22-24H,7-8,15H2,1-6H3,(H,28,29,32,33)/i5D. The summed E-state index contributed by atoms with van der Waals surface area (Å²) in [4.78, 5) is 31.7. The summed E-state index contributed by atoms with van der Waals surface area (Å²) in [6, 6.07) is 5.41. The topological polar surface area (TPSA) is 108 Å². The van der Waals surface area contributed by atoms with Gasteiger partial charge >= 0.3 is 5.69 Å². The molecule has 0 radical (unpaired) electrons. The van der Waals surface area contributed by atoms with Crippen LogP contribution in [0.15, 0.2) is 41.6 Å². The first-order valence-corrected chi connectivity index (χ1v) is 13.5. The molecule has 5 unspecified atom stereocenters. The van der Waals surface area contributed by atoms with Gasteiger partial charge in [0.05, 0.1) is 12.7 Å². The van der Waals surface area contributed by atoms with Gasteiger partial charge in [-0.1, -0.05) is 0 Å². The van der Waals surface area contributed by atoms with Crippen LogP contribution in [-0.4, -0.2) is 62.2 Å². The van der Waals surface area contributed by atoms with Crippen molar-refractivity contribution in [1.82, 2.24) is 19.2 Å². The predicted molar refractivity (Wildman–Crippen MR) is 140 cm³/mol. The van der Waals surface area contributed by atoms with Gasteiger partial charge in [-0.25, -0.2) is 13.9 Å². The van der Waals surface area contributed by atoms with E-state index in [0.717, 1.165) is 23.0 Å². The third-order valence-electron chi connectivity index (χ3n) is 5.69. The van der Waals surface area contributed by atoms with E-state index in [1.807, 2.05) is 39.8 Å². The average Bonchev–Trinajstić information content (AvgIpc) is 3.16. The molecule has 37 heavy (non-hydrogen) atoms. The van der Waals surface area contributed by atoms with Crippen LogP contribution in [0.5, 0.6) is 0 Å². The molecule has 2 aromatic rings. The summed E-state index contributed by atoms with van der Waals surface area (Å²) >= 11 is 0. The molecule has 1 aliphatic rings. The zero-order valence-corrected chi connectivity index (χ0v) is 22.8. The number of amides is 1. The summed E-state index contributed by atoms with van der Waals surface area (Å²) in [5.41, 5.74) is 0.362. The van der Waals surface area contributed by atoms with Gasteiger partial charge in [-0.05, 0) is 71.2 Å². The van der Waals surface area contributed by atoms with Crippen molar-refractivity contribution in [3.05, 3.63) is 52.8 Å². The van der Waals surface area contributed by atoms with Gasteiger partial charge in [0.2, 0.25) is 5.91 Å². The lowest BCUT2D eigenvalue weighted by atomic mass is 10.1. The Hall–Kier alpha value is -2.30. The van der Waals surface area contributed by atoms with Gasteiger partial charge in [0.15, 0.2) is 12.4 Å². The van der Waals surface area contributed by atoms with Gasteiger partial charge in [0.25, 0.3) is 8.53 Å². The van der Waals surface area contributed by atoms with Crippen molar-refractivity contribution >= 4 is 20.3 Å². The van der Waals surface area contributed by atoms with Gasteiger partial charge < -0.3 is 19.1 Å². The molecule has 5 atom stereocenters. The maximum absolute atomic E-state index is 15.8. The summed E-state index contributed by atoms with van der Waals surface area (Å²) < 4.78 is 45.1. The number of aromatic nitrogens is 3. The first-order valence-electron chi connectivity index (χ1n) is 13.1. The minimum Gasteiger partial charge on any atom is -0.349 e. The van der Waals surface area contributed by atoms with Crippen LogP contribution in [0.25, 0.3) is 0 Å². The lowest BCUT2D eigenvalue weighted by Crippen LogP contribution is -2.38. The monoisotopic (exact) mass is 538 g/mol. The smallest absolute Gasteiger partial charge is 0.349 e. The van der Waals surface area contributed by atoms with E-state index in [4.69, 9.17) is 15.2 Å². The van der Waals surface area contributed by atoms with Gasteiger partial charge in [-0.2, -0.15) is 4.98 Å². The summed E-state index contributed by atoms with van der Waals surface area (Å²) in [5.74, 6) is -0.322. The number of hydrogen-bond donors (Lipinski definition) is 1. The molecule has 0 spiro atoms. The van der Waals surface area contributed by atoms with Crippen molar-refractivity contribution in [2.24, 2.45) is 0 Å². The number of nitrogens with zero attached hydrogens (tertiary/aromatic N) is 4. The molecule has 1 saturated heterocycles. The molecule has 0 bridgehead atoms. The van der Waals surface area contributed by atoms with Crippen LogP contribution in [0.2, 0.25) is 0 Å². The predicted octanol–water partition coefficient (Wildman–Crippen LogP) is 4.23. The molecule has 1 fully saturated rings. The fraction of sp³-hybridized carbons (Fsp3) is 0.600. The maximum atomic E-state index is 15.8. The number of ether oxygens (including phenoxy) is 1. The highest BCUT2D eigenvalue weighted by molar-refractivity contribution is 7.44. The number of aryl methyl sites for hydroxylation is 1. The van der Waals surface area contributed by atoms with Crippen molar-refractivity contribution < 1.29 is 24.3 Å². The molecule has 0 aliphatic carbocycles. The summed E-state index contributed by atoms with van der Waals surface area (Å²) in [6.45, 7) is 9.50. The van der Waals surface area contributed by atoms with E-state index < -0.39 is 38.8 Å². The molecular formula is C25H37FN5O5P. The zero-order valence-electron chi connectivity index (χ0n) is 22.9. The van der Waals surface area contributed by atoms with E-state index in [9.17, 15) is 9.59 Å². The minimum atomic E-state index is -1.75. The fourth-order valence-electron chi connectivity index (χ4n) is 4.10. The van der Waals surface area contributed by atoms with Crippen molar-refractivity contribution in [3.63, 3.8) is 0 Å². The molecule has 10 nitrogen and oxygen atoms in total. The van der Waals surface area contributed by atoms with Crippen LogP contribution in [-0.2, 0) is 25.0 Å². The molecule has 1 aliphatic heterocycles. The van der Waals surface area contributed by atoms with Gasteiger partial charge in [0.1, 0.15) is 11.9 Å². The van der Waals surface area contributed by atoms with Crippen molar-refractivity contribution in [3.8, 4) is 0 Å². The molecular weight excluding hydrogens is 500 g/mol. The molecule has 1 amide bonds. The summed E-state index contributed by atoms with van der Waals surface area (Å²) in [6.07, 6.45) is 1.25. The first kappa shape index (κ1) is 27.7. The number of carbonyl (C=O) groups excluding carboxylic acids is 1. The highest BCUT2D eigenvalue weighted by atomic mass is 31.2. The molecule has 3 rings (SSSR count). The van der Waals surface area contributed by atoms with Crippen molar-refractivity contribution in [2.75, 3.05) is 11.9 Å². The number of anilines is 1. The van der Waals surface area contributed by atoms with E-state index in [1.54, 1.807) is 12.4 Å². The van der Waals surface area contributed by atoms with Crippen LogP contribution in [0, 0.1) is 0 Å². The Morgan fingerprint density at radius 2 is 2.00 bits per heavy atom. The van der Waals surface area contributed by atoms with Crippen LogP contribution < -0.4 is 11.0 Å². The van der Waals surface area contributed by atoms with Crippen LogP contribution in [0.1, 0.15) is 61.1 Å². The van der Waals surface area contributed by atoms with Gasteiger partial charge in [-0.15, -0.1) is 0 Å². The first-order chi connectivity index (χ1) is 18.1. The third-order valence-corrected chi connectivity index (χ3v) is 7.82. The number of alkyl halides is 1. The molecule has 1 N–H and O–H groups in total. The zero-order chi connectivity index (χ0) is 27.8. The SMILES string of the molecule is [2H]CC1OC(n2ccc(NC(C)=O)nc2=O)C(F)C1OP(OCCCc1ccncc1)N(C(C)C)C(C)C. The highest BCUT2D eigenvalue weighted by Crippen LogP contribution is 2.50. The van der Waals surface area contributed by atoms with Gasteiger partial charge in [-0.3, -0.25) is 14.3 Å². The number of halogens is 1. The Kier molecular flexibility index (Phi) is 10.1. The molecule has 3 heterocycles. The van der Waals surface area contributed by atoms with E-state index in [1.165, 1.54) is 19.2 Å². The maximum Gasteiger partial charge on any atom is 0.351 e. The summed E-state index contributed by atoms with van der Waals surface area (Å²) in [7, 11) is -1.70. The average molecular weight is 539 g/mol. The number of rotatable bonds is 12. The van der Waals surface area contributed by atoms with Crippen molar-refractivity contribution in [1.29, 1.82) is 0 Å². The minimum absolute atomic E-state index is 0.0556. The molecule has 0 saturated carbocycles. The van der Waals surface area contributed by atoms with E-state index >= 15 is 4.39 Å². The number of hydrogen-bond acceptors (Lipinski definition) is 8. The quantitative estimate of drug-likeness (QED) is 0.316. The Bertz CT molecular complexity index is 1090. The lowest BCUT2D eigenvalue weighted by molar-refractivity contribution is -0.114. The molecule has 204 valence electrons. The van der Waals surface area contributed by atoms with E-state index in [-0.39, 0.29) is 30.7 Å². The fourth-order valence-corrected chi connectivity index (χ4v) is 5.90. The second kappa shape index (κ2) is 13.5. The molecule has 12 heteroatoms. The Labute approximate surface area is 219 Å².